The van der Waals surface area contributed by atoms with Crippen LogP contribution < -0.4 is 0 Å². The number of carboxylic acids is 1. The van der Waals surface area contributed by atoms with Crippen LogP contribution in [0.4, 0.5) is 0 Å². The minimum atomic E-state index is -0.888. The molecule has 0 aromatic carbocycles. The molecule has 0 saturated carbocycles. The van der Waals surface area contributed by atoms with Crippen LogP contribution in [0.2, 0.25) is 0 Å². The monoisotopic (exact) mass is 204 g/mol. The van der Waals surface area contributed by atoms with E-state index in [9.17, 15) is 9.59 Å². The molecule has 0 aromatic rings. The number of hydrogen-bond acceptors (Lipinski definition) is 4. The molecule has 5 heteroatoms. The van der Waals surface area contributed by atoms with Crippen molar-refractivity contribution < 1.29 is 24.5 Å². The Morgan fingerprint density at radius 1 is 1.07 bits per heavy atom. The summed E-state index contributed by atoms with van der Waals surface area (Å²) in [4.78, 5) is 21.0. The van der Waals surface area contributed by atoms with E-state index in [1.165, 1.54) is 0 Å². The molecule has 0 atom stereocenters. The van der Waals surface area contributed by atoms with Crippen molar-refractivity contribution in [3.05, 3.63) is 0 Å². The van der Waals surface area contributed by atoms with Crippen molar-refractivity contribution in [2.24, 2.45) is 0 Å². The third kappa shape index (κ3) is 8.99. The molecule has 0 saturated heterocycles. The second kappa shape index (κ2) is 8.50. The van der Waals surface area contributed by atoms with Crippen LogP contribution in [-0.2, 0) is 14.3 Å². The van der Waals surface area contributed by atoms with Gasteiger partial charge in [-0.05, 0) is 19.3 Å². The molecule has 0 radical (unpaired) electrons. The number of esters is 1. The van der Waals surface area contributed by atoms with Crippen LogP contribution in [0.3, 0.4) is 0 Å². The summed E-state index contributed by atoms with van der Waals surface area (Å²) in [6, 6.07) is 0. The standard InChI is InChI=1S/C9H16O5/c10-6-2-1-5-9(13)14-7-3-4-8(11)12/h10H,1-7H2,(H,11,12). The number of rotatable bonds is 8. The van der Waals surface area contributed by atoms with E-state index in [2.05, 4.69) is 0 Å². The number of aliphatic hydroxyl groups excluding tert-OH is 1. The van der Waals surface area contributed by atoms with Gasteiger partial charge in [0.2, 0.25) is 0 Å². The van der Waals surface area contributed by atoms with E-state index in [0.717, 1.165) is 0 Å². The summed E-state index contributed by atoms with van der Waals surface area (Å²) >= 11 is 0. The number of aliphatic hydroxyl groups is 1. The zero-order valence-corrected chi connectivity index (χ0v) is 8.07. The maximum atomic E-state index is 10.9. The van der Waals surface area contributed by atoms with Gasteiger partial charge in [0, 0.05) is 19.4 Å². The van der Waals surface area contributed by atoms with Crippen molar-refractivity contribution in [2.75, 3.05) is 13.2 Å². The molecule has 2 N–H and O–H groups in total. The molecular formula is C9H16O5. The van der Waals surface area contributed by atoms with Gasteiger partial charge in [-0.3, -0.25) is 9.59 Å². The molecule has 0 unspecified atom stereocenters. The molecule has 0 aliphatic carbocycles. The van der Waals surface area contributed by atoms with Crippen molar-refractivity contribution in [1.29, 1.82) is 0 Å². The first-order chi connectivity index (χ1) is 6.66. The van der Waals surface area contributed by atoms with E-state index in [0.29, 0.717) is 19.3 Å². The Morgan fingerprint density at radius 2 is 1.79 bits per heavy atom. The lowest BCUT2D eigenvalue weighted by molar-refractivity contribution is -0.145. The molecule has 0 spiro atoms. The molecule has 0 aromatic heterocycles. The first-order valence-corrected chi connectivity index (χ1v) is 4.65. The van der Waals surface area contributed by atoms with Crippen molar-refractivity contribution in [3.63, 3.8) is 0 Å². The minimum Gasteiger partial charge on any atom is -0.481 e. The Balaban J connectivity index is 3.22. The zero-order valence-electron chi connectivity index (χ0n) is 8.07. The number of carbonyl (C=O) groups excluding carboxylic acids is 1. The van der Waals surface area contributed by atoms with Crippen LogP contribution in [0, 0.1) is 0 Å². The highest BCUT2D eigenvalue weighted by Gasteiger charge is 2.03. The Labute approximate surface area is 82.7 Å². The summed E-state index contributed by atoms with van der Waals surface area (Å²) in [6.45, 7) is 0.233. The lowest BCUT2D eigenvalue weighted by Gasteiger charge is -2.02. The summed E-state index contributed by atoms with van der Waals surface area (Å²) in [5, 5.41) is 16.7. The largest absolute Gasteiger partial charge is 0.481 e. The number of carbonyl (C=O) groups is 2. The molecular weight excluding hydrogens is 188 g/mol. The first kappa shape index (κ1) is 12.9. The molecule has 14 heavy (non-hydrogen) atoms. The third-order valence-corrected chi connectivity index (χ3v) is 1.59. The molecule has 0 bridgehead atoms. The Morgan fingerprint density at radius 3 is 2.36 bits per heavy atom. The maximum Gasteiger partial charge on any atom is 0.305 e. The SMILES string of the molecule is O=C(O)CCCOC(=O)CCCCO. The molecule has 0 fully saturated rings. The quantitative estimate of drug-likeness (QED) is 0.445. The van der Waals surface area contributed by atoms with Gasteiger partial charge in [0.1, 0.15) is 0 Å². The van der Waals surface area contributed by atoms with Crippen molar-refractivity contribution in [2.45, 2.75) is 32.1 Å². The van der Waals surface area contributed by atoms with E-state index < -0.39 is 5.97 Å². The van der Waals surface area contributed by atoms with Gasteiger partial charge in [-0.1, -0.05) is 0 Å². The topological polar surface area (TPSA) is 83.8 Å². The van der Waals surface area contributed by atoms with E-state index in [1.807, 2.05) is 0 Å². The summed E-state index contributed by atoms with van der Waals surface area (Å²) in [7, 11) is 0. The molecule has 0 aliphatic heterocycles. The Bertz CT molecular complexity index is 178. The number of ether oxygens (including phenoxy) is 1. The van der Waals surface area contributed by atoms with E-state index >= 15 is 0 Å². The number of unbranched alkanes of at least 4 members (excludes halogenated alkanes) is 1. The second-order valence-corrected chi connectivity index (χ2v) is 2.90. The minimum absolute atomic E-state index is 0.0178. The molecule has 0 rings (SSSR count). The highest BCUT2D eigenvalue weighted by Crippen LogP contribution is 1.98. The molecule has 82 valence electrons. The normalized spacial score (nSPS) is 9.79. The average molecular weight is 204 g/mol. The van der Waals surface area contributed by atoms with Crippen molar-refractivity contribution in [3.8, 4) is 0 Å². The van der Waals surface area contributed by atoms with Gasteiger partial charge in [0.25, 0.3) is 0 Å². The second-order valence-electron chi connectivity index (χ2n) is 2.90. The Hall–Kier alpha value is -1.10. The van der Waals surface area contributed by atoms with E-state index in [-0.39, 0.29) is 32.0 Å². The van der Waals surface area contributed by atoms with Gasteiger partial charge in [0.15, 0.2) is 0 Å². The molecule has 0 heterocycles. The molecule has 0 amide bonds. The van der Waals surface area contributed by atoms with Crippen molar-refractivity contribution in [1.82, 2.24) is 0 Å². The summed E-state index contributed by atoms with van der Waals surface area (Å²) in [5.74, 6) is -1.22. The third-order valence-electron chi connectivity index (χ3n) is 1.59. The lowest BCUT2D eigenvalue weighted by Crippen LogP contribution is -2.07. The van der Waals surface area contributed by atoms with Gasteiger partial charge in [-0.2, -0.15) is 0 Å². The van der Waals surface area contributed by atoms with E-state index in [4.69, 9.17) is 14.9 Å². The molecule has 5 nitrogen and oxygen atoms in total. The summed E-state index contributed by atoms with van der Waals surface area (Å²) < 4.78 is 4.76. The van der Waals surface area contributed by atoms with E-state index in [1.54, 1.807) is 0 Å². The summed E-state index contributed by atoms with van der Waals surface area (Å²) in [5.41, 5.74) is 0. The molecule has 0 aliphatic rings. The van der Waals surface area contributed by atoms with Crippen LogP contribution in [-0.4, -0.2) is 35.4 Å². The van der Waals surface area contributed by atoms with Crippen LogP contribution in [0.25, 0.3) is 0 Å². The number of carboxylic acid groups (broad SMARTS) is 1. The first-order valence-electron chi connectivity index (χ1n) is 4.65. The van der Waals surface area contributed by atoms with Crippen LogP contribution >= 0.6 is 0 Å². The maximum absolute atomic E-state index is 10.9. The number of hydrogen-bond donors (Lipinski definition) is 2. The van der Waals surface area contributed by atoms with Gasteiger partial charge in [-0.25, -0.2) is 0 Å². The van der Waals surface area contributed by atoms with Crippen LogP contribution in [0.5, 0.6) is 0 Å². The predicted octanol–water partition coefficient (Wildman–Crippen LogP) is 0.557. The average Bonchev–Trinajstić information content (AvgIpc) is 2.13. The fraction of sp³-hybridized carbons (Fsp3) is 0.778. The fourth-order valence-corrected chi connectivity index (χ4v) is 0.863. The highest BCUT2D eigenvalue weighted by atomic mass is 16.5. The van der Waals surface area contributed by atoms with Gasteiger partial charge < -0.3 is 14.9 Å². The lowest BCUT2D eigenvalue weighted by atomic mass is 10.2. The highest BCUT2D eigenvalue weighted by molar-refractivity contribution is 5.69. The summed E-state index contributed by atoms with van der Waals surface area (Å²) in [6.07, 6.45) is 1.84. The zero-order chi connectivity index (χ0) is 10.8. The van der Waals surface area contributed by atoms with Crippen molar-refractivity contribution >= 4 is 11.9 Å². The van der Waals surface area contributed by atoms with Crippen LogP contribution in [0.15, 0.2) is 0 Å². The smallest absolute Gasteiger partial charge is 0.305 e. The van der Waals surface area contributed by atoms with Gasteiger partial charge in [0.05, 0.1) is 6.61 Å². The predicted molar refractivity (Wildman–Crippen MR) is 48.8 cm³/mol. The van der Waals surface area contributed by atoms with Gasteiger partial charge >= 0.3 is 11.9 Å². The number of aliphatic carboxylic acids is 1. The fourth-order valence-electron chi connectivity index (χ4n) is 0.863. The van der Waals surface area contributed by atoms with Gasteiger partial charge in [-0.15, -0.1) is 0 Å². The van der Waals surface area contributed by atoms with Crippen LogP contribution in [0.1, 0.15) is 32.1 Å². The Kier molecular flexibility index (Phi) is 7.83.